The zero-order valence-electron chi connectivity index (χ0n) is 12.2. The predicted molar refractivity (Wildman–Crippen MR) is 88.6 cm³/mol. The lowest BCUT2D eigenvalue weighted by Gasteiger charge is -2.30. The first-order valence-corrected chi connectivity index (χ1v) is 9.43. The van der Waals surface area contributed by atoms with Crippen LogP contribution in [-0.2, 0) is 10.0 Å². The Labute approximate surface area is 135 Å². The molecule has 0 spiro atoms. The number of likely N-dealkylation sites (tertiary alicyclic amines) is 1. The molecule has 7 heteroatoms. The highest BCUT2D eigenvalue weighted by atomic mass is 79.9. The van der Waals surface area contributed by atoms with E-state index in [9.17, 15) is 8.42 Å². The molecule has 0 unspecified atom stereocenters. The van der Waals surface area contributed by atoms with Crippen LogP contribution in [-0.4, -0.2) is 39.5 Å². The Morgan fingerprint density at radius 1 is 1.38 bits per heavy atom. The van der Waals surface area contributed by atoms with Gasteiger partial charge in [-0.25, -0.2) is 13.1 Å². The molecular formula is C14H22BrN3O2S. The van der Waals surface area contributed by atoms with E-state index in [4.69, 9.17) is 5.73 Å². The van der Waals surface area contributed by atoms with Gasteiger partial charge in [-0.15, -0.1) is 0 Å². The molecule has 0 amide bonds. The molecule has 1 aromatic rings. The number of piperidine rings is 1. The largest absolute Gasteiger partial charge is 0.398 e. The van der Waals surface area contributed by atoms with Gasteiger partial charge in [0.2, 0.25) is 10.0 Å². The van der Waals surface area contributed by atoms with Gasteiger partial charge in [0.15, 0.2) is 0 Å². The second kappa shape index (κ2) is 7.09. The number of nitrogens with zero attached hydrogens (tertiary/aromatic N) is 1. The Balaban J connectivity index is 1.89. The maximum atomic E-state index is 12.2. The number of rotatable bonds is 5. The molecule has 0 aromatic heterocycles. The number of nitrogens with one attached hydrogen (secondary N) is 1. The summed E-state index contributed by atoms with van der Waals surface area (Å²) >= 11 is 3.27. The first kappa shape index (κ1) is 16.7. The highest BCUT2D eigenvalue weighted by Crippen LogP contribution is 2.22. The van der Waals surface area contributed by atoms with E-state index in [0.717, 1.165) is 30.0 Å². The van der Waals surface area contributed by atoms with Crippen molar-refractivity contribution in [3.05, 3.63) is 22.7 Å². The smallest absolute Gasteiger partial charge is 0.242 e. The molecule has 1 aliphatic heterocycles. The molecule has 3 N–H and O–H groups in total. The van der Waals surface area contributed by atoms with Crippen LogP contribution in [0.5, 0.6) is 0 Å². The van der Waals surface area contributed by atoms with Crippen molar-refractivity contribution >= 4 is 31.6 Å². The van der Waals surface area contributed by atoms with E-state index in [0.29, 0.717) is 6.54 Å². The lowest BCUT2D eigenvalue weighted by molar-refractivity contribution is 0.195. The van der Waals surface area contributed by atoms with Crippen LogP contribution >= 0.6 is 15.9 Å². The van der Waals surface area contributed by atoms with Crippen molar-refractivity contribution < 1.29 is 8.42 Å². The second-order valence-corrected chi connectivity index (χ2v) is 8.26. The first-order valence-electron chi connectivity index (χ1n) is 7.15. The third-order valence-corrected chi connectivity index (χ3v) is 5.89. The summed E-state index contributed by atoms with van der Waals surface area (Å²) in [7, 11) is -3.54. The van der Waals surface area contributed by atoms with Crippen LogP contribution in [0.25, 0.3) is 0 Å². The molecule has 1 fully saturated rings. The van der Waals surface area contributed by atoms with Crippen molar-refractivity contribution in [1.82, 2.24) is 9.62 Å². The fourth-order valence-corrected chi connectivity index (χ4v) is 3.98. The number of nitrogens with two attached hydrogens (primary N) is 1. The summed E-state index contributed by atoms with van der Waals surface area (Å²) in [6, 6.07) is 4.79. The van der Waals surface area contributed by atoms with Gasteiger partial charge in [-0.05, 0) is 50.0 Å². The van der Waals surface area contributed by atoms with Gasteiger partial charge >= 0.3 is 0 Å². The van der Waals surface area contributed by atoms with Gasteiger partial charge in [-0.2, -0.15) is 0 Å². The quantitative estimate of drug-likeness (QED) is 0.772. The van der Waals surface area contributed by atoms with Gasteiger partial charge in [0, 0.05) is 17.6 Å². The molecule has 1 heterocycles. The number of anilines is 1. The number of hydrogen-bond acceptors (Lipinski definition) is 4. The normalized spacial score (nSPS) is 18.0. The zero-order valence-corrected chi connectivity index (χ0v) is 14.6. The van der Waals surface area contributed by atoms with Crippen LogP contribution in [0.15, 0.2) is 27.6 Å². The molecule has 0 bridgehead atoms. The zero-order chi connectivity index (χ0) is 15.5. The molecule has 1 aromatic carbocycles. The van der Waals surface area contributed by atoms with Crippen LogP contribution in [0.3, 0.4) is 0 Å². The highest BCUT2D eigenvalue weighted by molar-refractivity contribution is 9.10. The van der Waals surface area contributed by atoms with Gasteiger partial charge in [0.1, 0.15) is 4.90 Å². The van der Waals surface area contributed by atoms with Gasteiger partial charge in [-0.1, -0.05) is 22.9 Å². The van der Waals surface area contributed by atoms with E-state index >= 15 is 0 Å². The fraction of sp³-hybridized carbons (Fsp3) is 0.571. The molecule has 5 nitrogen and oxygen atoms in total. The van der Waals surface area contributed by atoms with Gasteiger partial charge in [0.25, 0.3) is 0 Å². The summed E-state index contributed by atoms with van der Waals surface area (Å²) in [5.74, 6) is 0.778. The second-order valence-electron chi connectivity index (χ2n) is 5.60. The Hall–Kier alpha value is -0.630. The molecule has 2 rings (SSSR count). The summed E-state index contributed by atoms with van der Waals surface area (Å²) in [6.45, 7) is 5.50. The van der Waals surface area contributed by atoms with Crippen LogP contribution in [0.2, 0.25) is 0 Å². The van der Waals surface area contributed by atoms with Crippen LogP contribution in [0, 0.1) is 5.92 Å². The summed E-state index contributed by atoms with van der Waals surface area (Å²) in [6.07, 6.45) is 2.37. The topological polar surface area (TPSA) is 75.4 Å². The molecule has 1 aliphatic rings. The molecule has 0 radical (unpaired) electrons. The molecule has 0 saturated carbocycles. The maximum absolute atomic E-state index is 12.2. The number of nitrogen functional groups attached to an aromatic ring is 1. The van der Waals surface area contributed by atoms with E-state index in [1.165, 1.54) is 18.9 Å². The predicted octanol–water partition coefficient (Wildman–Crippen LogP) is 2.04. The van der Waals surface area contributed by atoms with Gasteiger partial charge < -0.3 is 10.6 Å². The maximum Gasteiger partial charge on any atom is 0.242 e. The first-order chi connectivity index (χ1) is 9.88. The van der Waals surface area contributed by atoms with Crippen molar-refractivity contribution in [2.24, 2.45) is 5.92 Å². The van der Waals surface area contributed by atoms with Crippen LogP contribution < -0.4 is 10.5 Å². The summed E-state index contributed by atoms with van der Waals surface area (Å²) < 4.78 is 27.9. The Bertz CT molecular complexity index is 584. The van der Waals surface area contributed by atoms with E-state index in [-0.39, 0.29) is 10.6 Å². The molecular weight excluding hydrogens is 354 g/mol. The van der Waals surface area contributed by atoms with E-state index in [2.05, 4.69) is 32.5 Å². The average Bonchev–Trinajstić information content (AvgIpc) is 2.40. The monoisotopic (exact) mass is 375 g/mol. The number of benzene rings is 1. The van der Waals surface area contributed by atoms with Crippen molar-refractivity contribution in [2.45, 2.75) is 24.7 Å². The lowest BCUT2D eigenvalue weighted by atomic mass is 9.99. The minimum Gasteiger partial charge on any atom is -0.398 e. The number of hydrogen-bond donors (Lipinski definition) is 2. The van der Waals surface area contributed by atoms with Crippen molar-refractivity contribution in [3.63, 3.8) is 0 Å². The highest BCUT2D eigenvalue weighted by Gasteiger charge is 2.19. The third-order valence-electron chi connectivity index (χ3n) is 3.86. The fourth-order valence-electron chi connectivity index (χ4n) is 2.47. The van der Waals surface area contributed by atoms with Gasteiger partial charge in [0.05, 0.1) is 5.69 Å². The van der Waals surface area contributed by atoms with Crippen LogP contribution in [0.4, 0.5) is 5.69 Å². The lowest BCUT2D eigenvalue weighted by Crippen LogP contribution is -2.39. The molecule has 0 aliphatic carbocycles. The summed E-state index contributed by atoms with van der Waals surface area (Å²) in [5.41, 5.74) is 6.03. The average molecular weight is 376 g/mol. The van der Waals surface area contributed by atoms with Crippen molar-refractivity contribution in [3.8, 4) is 0 Å². The minimum atomic E-state index is -3.54. The SMILES string of the molecule is CC1CCN(CCNS(=O)(=O)c2ccc(Br)cc2N)CC1. The molecule has 21 heavy (non-hydrogen) atoms. The Kier molecular flexibility index (Phi) is 5.65. The molecule has 0 atom stereocenters. The van der Waals surface area contributed by atoms with E-state index < -0.39 is 10.0 Å². The van der Waals surface area contributed by atoms with Crippen LogP contribution in [0.1, 0.15) is 19.8 Å². The standard InChI is InChI=1S/C14H22BrN3O2S/c1-11-4-7-18(8-5-11)9-6-17-21(19,20)14-3-2-12(15)10-13(14)16/h2-3,10-11,17H,4-9,16H2,1H3. The Morgan fingerprint density at radius 2 is 2.05 bits per heavy atom. The van der Waals surface area contributed by atoms with Gasteiger partial charge in [-0.3, -0.25) is 0 Å². The van der Waals surface area contributed by atoms with E-state index in [1.54, 1.807) is 12.1 Å². The van der Waals surface area contributed by atoms with Crippen molar-refractivity contribution in [2.75, 3.05) is 31.9 Å². The third kappa shape index (κ3) is 4.67. The Morgan fingerprint density at radius 3 is 2.67 bits per heavy atom. The van der Waals surface area contributed by atoms with Crippen molar-refractivity contribution in [1.29, 1.82) is 0 Å². The minimum absolute atomic E-state index is 0.137. The molecule has 1 saturated heterocycles. The number of sulfonamides is 1. The summed E-state index contributed by atoms with van der Waals surface area (Å²) in [4.78, 5) is 2.44. The molecule has 118 valence electrons. The number of halogens is 1. The van der Waals surface area contributed by atoms with E-state index in [1.807, 2.05) is 0 Å². The summed E-state index contributed by atoms with van der Waals surface area (Å²) in [5, 5.41) is 0.